The van der Waals surface area contributed by atoms with Gasteiger partial charge in [-0.3, -0.25) is 5.43 Å². The highest BCUT2D eigenvalue weighted by Crippen LogP contribution is 2.31. The summed E-state index contributed by atoms with van der Waals surface area (Å²) in [5, 5.41) is 4.25. The number of benzene rings is 3. The standard InChI is InChI=1S/C21H19FN2O2/c1-25-20-9-5-6-17(14-23-24-19-7-3-2-4-8-19)21(20)26-15-16-10-12-18(22)13-11-16/h2-14,24H,15H2,1H3/b23-14+. The van der Waals surface area contributed by atoms with Crippen LogP contribution in [0.1, 0.15) is 11.1 Å². The van der Waals surface area contributed by atoms with Crippen LogP contribution in [0.25, 0.3) is 0 Å². The average Bonchev–Trinajstić information content (AvgIpc) is 2.69. The lowest BCUT2D eigenvalue weighted by Crippen LogP contribution is -2.01. The summed E-state index contributed by atoms with van der Waals surface area (Å²) in [4.78, 5) is 0. The summed E-state index contributed by atoms with van der Waals surface area (Å²) >= 11 is 0. The minimum atomic E-state index is -0.272. The lowest BCUT2D eigenvalue weighted by atomic mass is 10.2. The van der Waals surface area contributed by atoms with E-state index >= 15 is 0 Å². The minimum Gasteiger partial charge on any atom is -0.493 e. The van der Waals surface area contributed by atoms with E-state index in [-0.39, 0.29) is 5.82 Å². The predicted octanol–water partition coefficient (Wildman–Crippen LogP) is 4.86. The smallest absolute Gasteiger partial charge is 0.170 e. The number of ether oxygens (including phenoxy) is 2. The normalized spacial score (nSPS) is 10.7. The van der Waals surface area contributed by atoms with Crippen LogP contribution < -0.4 is 14.9 Å². The van der Waals surface area contributed by atoms with Gasteiger partial charge in [0.15, 0.2) is 11.5 Å². The highest BCUT2D eigenvalue weighted by atomic mass is 19.1. The Hall–Kier alpha value is -3.34. The first-order valence-electron chi connectivity index (χ1n) is 8.14. The molecule has 0 aliphatic heterocycles. The Morgan fingerprint density at radius 1 is 0.962 bits per heavy atom. The molecule has 3 rings (SSSR count). The van der Waals surface area contributed by atoms with Crippen LogP contribution in [0.2, 0.25) is 0 Å². The highest BCUT2D eigenvalue weighted by molar-refractivity contribution is 5.85. The van der Waals surface area contributed by atoms with Gasteiger partial charge in [-0.2, -0.15) is 5.10 Å². The minimum absolute atomic E-state index is 0.272. The van der Waals surface area contributed by atoms with E-state index in [9.17, 15) is 4.39 Å². The zero-order chi connectivity index (χ0) is 18.2. The van der Waals surface area contributed by atoms with Gasteiger partial charge in [0.25, 0.3) is 0 Å². The number of hydrazone groups is 1. The molecule has 0 amide bonds. The van der Waals surface area contributed by atoms with Crippen molar-refractivity contribution in [1.29, 1.82) is 0 Å². The highest BCUT2D eigenvalue weighted by Gasteiger charge is 2.09. The van der Waals surface area contributed by atoms with Crippen molar-refractivity contribution in [3.63, 3.8) is 0 Å². The number of methoxy groups -OCH3 is 1. The third-order valence-corrected chi connectivity index (χ3v) is 3.70. The third kappa shape index (κ3) is 4.60. The van der Waals surface area contributed by atoms with Crippen molar-refractivity contribution < 1.29 is 13.9 Å². The third-order valence-electron chi connectivity index (χ3n) is 3.70. The van der Waals surface area contributed by atoms with Crippen LogP contribution in [0.4, 0.5) is 10.1 Å². The van der Waals surface area contributed by atoms with E-state index in [2.05, 4.69) is 10.5 Å². The van der Waals surface area contributed by atoms with Crippen LogP contribution in [0.15, 0.2) is 77.9 Å². The van der Waals surface area contributed by atoms with Crippen molar-refractivity contribution in [2.24, 2.45) is 5.10 Å². The van der Waals surface area contributed by atoms with Gasteiger partial charge in [-0.05, 0) is 42.0 Å². The van der Waals surface area contributed by atoms with Crippen LogP contribution >= 0.6 is 0 Å². The Balaban J connectivity index is 1.75. The number of anilines is 1. The van der Waals surface area contributed by atoms with E-state index in [1.54, 1.807) is 25.5 Å². The lowest BCUT2D eigenvalue weighted by molar-refractivity contribution is 0.284. The summed E-state index contributed by atoms with van der Waals surface area (Å²) in [5.41, 5.74) is 5.50. The molecule has 1 N–H and O–H groups in total. The van der Waals surface area contributed by atoms with E-state index < -0.39 is 0 Å². The van der Waals surface area contributed by atoms with E-state index in [1.165, 1.54) is 12.1 Å². The number of nitrogens with zero attached hydrogens (tertiary/aromatic N) is 1. The fourth-order valence-electron chi connectivity index (χ4n) is 2.37. The molecule has 0 atom stereocenters. The van der Waals surface area contributed by atoms with Gasteiger partial charge in [-0.15, -0.1) is 0 Å². The largest absolute Gasteiger partial charge is 0.493 e. The van der Waals surface area contributed by atoms with Crippen molar-refractivity contribution in [2.75, 3.05) is 12.5 Å². The zero-order valence-electron chi connectivity index (χ0n) is 14.4. The van der Waals surface area contributed by atoms with Gasteiger partial charge in [-0.25, -0.2) is 4.39 Å². The van der Waals surface area contributed by atoms with E-state index in [0.29, 0.717) is 18.1 Å². The number of hydrogen-bond donors (Lipinski definition) is 1. The molecule has 0 aliphatic rings. The average molecular weight is 350 g/mol. The molecule has 0 unspecified atom stereocenters. The topological polar surface area (TPSA) is 42.8 Å². The quantitative estimate of drug-likeness (QED) is 0.489. The molecule has 0 saturated carbocycles. The Bertz CT molecular complexity index is 865. The van der Waals surface area contributed by atoms with Crippen LogP contribution in [-0.2, 0) is 6.61 Å². The first-order valence-corrected chi connectivity index (χ1v) is 8.14. The summed E-state index contributed by atoms with van der Waals surface area (Å²) in [5.74, 6) is 0.916. The van der Waals surface area contributed by atoms with Crippen molar-refractivity contribution in [2.45, 2.75) is 6.61 Å². The molecule has 0 spiro atoms. The number of para-hydroxylation sites is 2. The Kier molecular flexibility index (Phi) is 5.83. The zero-order valence-corrected chi connectivity index (χ0v) is 14.4. The van der Waals surface area contributed by atoms with Gasteiger partial charge >= 0.3 is 0 Å². The molecular formula is C21H19FN2O2. The van der Waals surface area contributed by atoms with Gasteiger partial charge in [0.05, 0.1) is 19.0 Å². The van der Waals surface area contributed by atoms with Crippen LogP contribution in [-0.4, -0.2) is 13.3 Å². The molecule has 0 saturated heterocycles. The van der Waals surface area contributed by atoms with Gasteiger partial charge in [-0.1, -0.05) is 36.4 Å². The van der Waals surface area contributed by atoms with Crippen LogP contribution in [0.3, 0.4) is 0 Å². The molecule has 0 radical (unpaired) electrons. The van der Waals surface area contributed by atoms with Crippen LogP contribution in [0, 0.1) is 5.82 Å². The van der Waals surface area contributed by atoms with Crippen molar-refractivity contribution in [3.05, 3.63) is 89.7 Å². The van der Waals surface area contributed by atoms with Gasteiger partial charge in [0.2, 0.25) is 0 Å². The maximum atomic E-state index is 13.0. The van der Waals surface area contributed by atoms with Gasteiger partial charge in [0.1, 0.15) is 12.4 Å². The van der Waals surface area contributed by atoms with E-state index in [0.717, 1.165) is 16.8 Å². The number of rotatable bonds is 7. The van der Waals surface area contributed by atoms with Gasteiger partial charge < -0.3 is 9.47 Å². The summed E-state index contributed by atoms with van der Waals surface area (Å²) in [6.07, 6.45) is 1.68. The molecular weight excluding hydrogens is 331 g/mol. The second-order valence-electron chi connectivity index (χ2n) is 5.53. The van der Waals surface area contributed by atoms with Gasteiger partial charge in [0, 0.05) is 5.56 Å². The van der Waals surface area contributed by atoms with Crippen molar-refractivity contribution in [3.8, 4) is 11.5 Å². The second-order valence-corrected chi connectivity index (χ2v) is 5.53. The van der Waals surface area contributed by atoms with Crippen molar-refractivity contribution in [1.82, 2.24) is 0 Å². The van der Waals surface area contributed by atoms with Crippen molar-refractivity contribution >= 4 is 11.9 Å². The fourth-order valence-corrected chi connectivity index (χ4v) is 2.37. The molecule has 0 heterocycles. The Labute approximate surface area is 151 Å². The fraction of sp³-hybridized carbons (Fsp3) is 0.0952. The van der Waals surface area contributed by atoms with E-state index in [1.807, 2.05) is 48.5 Å². The molecule has 3 aromatic carbocycles. The molecule has 132 valence electrons. The number of halogens is 1. The summed E-state index contributed by atoms with van der Waals surface area (Å²) in [6.45, 7) is 0.299. The molecule has 0 bridgehead atoms. The monoisotopic (exact) mass is 350 g/mol. The lowest BCUT2D eigenvalue weighted by Gasteiger charge is -2.13. The predicted molar refractivity (Wildman–Crippen MR) is 101 cm³/mol. The molecule has 5 heteroatoms. The van der Waals surface area contributed by atoms with E-state index in [4.69, 9.17) is 9.47 Å². The molecule has 0 aromatic heterocycles. The Morgan fingerprint density at radius 2 is 1.73 bits per heavy atom. The molecule has 26 heavy (non-hydrogen) atoms. The molecule has 4 nitrogen and oxygen atoms in total. The van der Waals surface area contributed by atoms with Crippen LogP contribution in [0.5, 0.6) is 11.5 Å². The molecule has 0 aliphatic carbocycles. The summed E-state index contributed by atoms with van der Waals surface area (Å²) in [6, 6.07) is 21.4. The summed E-state index contributed by atoms with van der Waals surface area (Å²) < 4.78 is 24.3. The molecule has 0 fully saturated rings. The SMILES string of the molecule is COc1cccc(/C=N/Nc2ccccc2)c1OCc1ccc(F)cc1. The maximum Gasteiger partial charge on any atom is 0.170 e. The first-order chi connectivity index (χ1) is 12.8. The second kappa shape index (κ2) is 8.67. The first kappa shape index (κ1) is 17.5. The number of hydrogen-bond acceptors (Lipinski definition) is 4. The maximum absolute atomic E-state index is 13.0. The number of nitrogens with one attached hydrogen (secondary N) is 1. The summed E-state index contributed by atoms with van der Waals surface area (Å²) in [7, 11) is 1.59. The Morgan fingerprint density at radius 3 is 2.46 bits per heavy atom. The molecule has 3 aromatic rings.